The molecule has 61 heavy (non-hydrogen) atoms. The summed E-state index contributed by atoms with van der Waals surface area (Å²) in [4.78, 5) is 24.0. The summed E-state index contributed by atoms with van der Waals surface area (Å²) >= 11 is 0. The predicted octanol–water partition coefficient (Wildman–Crippen LogP) is 1.87. The third-order valence-corrected chi connectivity index (χ3v) is 18.2. The fourth-order valence-corrected chi connectivity index (χ4v) is 15.5. The van der Waals surface area contributed by atoms with E-state index in [1.165, 1.54) is 13.8 Å². The molecular weight excluding hydrogens is 796 g/mol. The molecule has 5 saturated carbocycles. The van der Waals surface area contributed by atoms with E-state index in [1.54, 1.807) is 13.8 Å². The number of hydrogen-bond acceptors (Lipinski definition) is 16. The number of aliphatic hydroxyl groups excluding tert-OH is 6. The average molecular weight is 869 g/mol. The molecule has 3 saturated heterocycles. The van der Waals surface area contributed by atoms with Gasteiger partial charge in [0.1, 0.15) is 30.5 Å². The second-order valence-electron chi connectivity index (χ2n) is 22.2. The predicted molar refractivity (Wildman–Crippen MR) is 213 cm³/mol. The summed E-state index contributed by atoms with van der Waals surface area (Å²) in [5.41, 5.74) is -3.43. The molecule has 348 valence electrons. The number of fused-ring (bicyclic) bond motifs is 2. The van der Waals surface area contributed by atoms with E-state index in [4.69, 9.17) is 33.2 Å². The Morgan fingerprint density at radius 2 is 1.44 bits per heavy atom. The van der Waals surface area contributed by atoms with E-state index in [1.807, 2.05) is 0 Å². The number of carbonyl (C=O) groups excluding carboxylic acids is 2. The van der Waals surface area contributed by atoms with Crippen LogP contribution in [0.4, 0.5) is 0 Å². The Morgan fingerprint density at radius 1 is 0.754 bits per heavy atom. The molecule has 0 aromatic carbocycles. The van der Waals surface area contributed by atoms with Crippen molar-refractivity contribution in [3.63, 3.8) is 0 Å². The lowest BCUT2D eigenvalue weighted by atomic mass is 9.41. The molecule has 0 bridgehead atoms. The highest BCUT2D eigenvalue weighted by molar-refractivity contribution is 5.67. The Kier molecular flexibility index (Phi) is 11.5. The highest BCUT2D eigenvalue weighted by Crippen LogP contribution is 2.89. The summed E-state index contributed by atoms with van der Waals surface area (Å²) in [6.07, 6.45) is -7.78. The molecule has 8 rings (SSSR count). The summed E-state index contributed by atoms with van der Waals surface area (Å²) in [6.45, 7) is 16.2. The van der Waals surface area contributed by atoms with Gasteiger partial charge in [-0.15, -0.1) is 0 Å². The molecule has 21 atom stereocenters. The molecule has 8 aliphatic rings. The van der Waals surface area contributed by atoms with E-state index in [0.29, 0.717) is 25.7 Å². The van der Waals surface area contributed by atoms with E-state index in [-0.39, 0.29) is 52.1 Å². The van der Waals surface area contributed by atoms with Crippen LogP contribution in [-0.4, -0.2) is 152 Å². The zero-order chi connectivity index (χ0) is 44.6. The van der Waals surface area contributed by atoms with Crippen molar-refractivity contribution >= 4 is 11.9 Å². The molecule has 16 heteroatoms. The number of aliphatic hydroxyl groups is 7. The molecule has 16 nitrogen and oxygen atoms in total. The Hall–Kier alpha value is -1.54. The molecule has 5 aliphatic carbocycles. The SMILES string of the molecule is CC(=O)O[C@H]1[C@H](O)[C@@H](O[C@@H]2CC[C@@]34C[C@@]35CC[C@@]3(C)C(C6(C)CC[C@H](C(C)(C)O)O6)[C@H](O)C[C@]3(C)C5C[C@@H](O[C@H]3O[C@@H](CO)[C@H](O)[C@@H](O)[C@@H]3O)C4C2(C)C)OC[C@@H]1OC(C)=O. The van der Waals surface area contributed by atoms with Gasteiger partial charge in [-0.25, -0.2) is 0 Å². The largest absolute Gasteiger partial charge is 0.456 e. The first-order chi connectivity index (χ1) is 28.3. The highest BCUT2D eigenvalue weighted by atomic mass is 16.7. The molecule has 3 aliphatic heterocycles. The third kappa shape index (κ3) is 6.89. The second-order valence-corrected chi connectivity index (χ2v) is 22.2. The number of hydrogen-bond donors (Lipinski definition) is 7. The molecule has 8 fully saturated rings. The zero-order valence-corrected chi connectivity index (χ0v) is 37.3. The van der Waals surface area contributed by atoms with Crippen molar-refractivity contribution in [2.24, 2.45) is 44.8 Å². The van der Waals surface area contributed by atoms with Crippen LogP contribution in [0.5, 0.6) is 0 Å². The molecule has 4 unspecified atom stereocenters. The normalized spacial score (nSPS) is 53.8. The summed E-state index contributed by atoms with van der Waals surface area (Å²) in [5, 5.41) is 77.8. The molecule has 0 aromatic rings. The van der Waals surface area contributed by atoms with Crippen LogP contribution in [0, 0.1) is 44.8 Å². The molecule has 0 aromatic heterocycles. The van der Waals surface area contributed by atoms with Crippen LogP contribution in [-0.2, 0) is 42.7 Å². The van der Waals surface area contributed by atoms with Crippen molar-refractivity contribution in [2.75, 3.05) is 13.2 Å². The number of esters is 2. The van der Waals surface area contributed by atoms with Gasteiger partial charge in [-0.3, -0.25) is 9.59 Å². The van der Waals surface area contributed by atoms with Crippen molar-refractivity contribution in [2.45, 2.75) is 211 Å². The number of rotatable bonds is 9. The Bertz CT molecular complexity index is 1680. The lowest BCUT2D eigenvalue weighted by Gasteiger charge is -2.65. The van der Waals surface area contributed by atoms with Gasteiger partial charge in [-0.2, -0.15) is 0 Å². The standard InChI is InChI=1S/C45H72O16/c1-21(47)56-26-19-55-37(33(53)34(26)57-22(2)48)60-28-11-13-45-20-44(45)15-14-41(7)35(43(9)12-10-29(61-43)40(5,6)54)23(49)17-42(41,8)27(44)16-24(36(45)39(28,3)4)58-38-32(52)31(51)30(50)25(18-46)59-38/h23-38,46,49-54H,10-20H2,1-9H3/t23-,24-,25+,26+,27?,28-,29-,30+,31-,32+,33+,34-,35?,36?,37-,38+,41+,42-,43?,44-,45+/m1/s1. The van der Waals surface area contributed by atoms with Crippen molar-refractivity contribution in [1.29, 1.82) is 0 Å². The monoisotopic (exact) mass is 868 g/mol. The van der Waals surface area contributed by atoms with E-state index in [0.717, 1.165) is 32.1 Å². The van der Waals surface area contributed by atoms with Gasteiger partial charge in [0.25, 0.3) is 0 Å². The quantitative estimate of drug-likeness (QED) is 0.129. The van der Waals surface area contributed by atoms with Gasteiger partial charge in [0.05, 0.1) is 48.8 Å². The third-order valence-electron chi connectivity index (χ3n) is 18.2. The summed E-state index contributed by atoms with van der Waals surface area (Å²) in [5.74, 6) is -1.60. The van der Waals surface area contributed by atoms with Crippen molar-refractivity contribution in [3.8, 4) is 0 Å². The van der Waals surface area contributed by atoms with Crippen LogP contribution in [0.15, 0.2) is 0 Å². The van der Waals surface area contributed by atoms with Crippen molar-refractivity contribution < 1.29 is 78.5 Å². The van der Waals surface area contributed by atoms with Crippen LogP contribution in [0.25, 0.3) is 0 Å². The van der Waals surface area contributed by atoms with E-state index in [2.05, 4.69) is 34.6 Å². The zero-order valence-electron chi connectivity index (χ0n) is 37.3. The van der Waals surface area contributed by atoms with Gasteiger partial charge in [0, 0.05) is 19.8 Å². The second kappa shape index (κ2) is 15.3. The Labute approximate surface area is 358 Å². The minimum absolute atomic E-state index is 0.0686. The van der Waals surface area contributed by atoms with Gasteiger partial charge in [0.15, 0.2) is 24.8 Å². The Balaban J connectivity index is 1.13. The van der Waals surface area contributed by atoms with Crippen LogP contribution >= 0.6 is 0 Å². The van der Waals surface area contributed by atoms with Crippen LogP contribution in [0.3, 0.4) is 0 Å². The summed E-state index contributed by atoms with van der Waals surface area (Å²) in [7, 11) is 0. The lowest BCUT2D eigenvalue weighted by molar-refractivity contribution is -0.339. The first kappa shape index (κ1) is 46.0. The van der Waals surface area contributed by atoms with Crippen molar-refractivity contribution in [3.05, 3.63) is 0 Å². The average Bonchev–Trinajstić information content (AvgIpc) is 3.52. The van der Waals surface area contributed by atoms with Gasteiger partial charge < -0.3 is 68.9 Å². The van der Waals surface area contributed by atoms with Crippen LogP contribution in [0.1, 0.15) is 120 Å². The maximum absolute atomic E-state index is 12.3. The lowest BCUT2D eigenvalue weighted by Crippen LogP contribution is -2.65. The molecule has 7 N–H and O–H groups in total. The van der Waals surface area contributed by atoms with Crippen molar-refractivity contribution in [1.82, 2.24) is 0 Å². The number of carbonyl (C=O) groups is 2. The highest BCUT2D eigenvalue weighted by Gasteiger charge is 2.85. The summed E-state index contributed by atoms with van der Waals surface area (Å²) in [6, 6.07) is 0. The number of ether oxygens (including phenoxy) is 7. The van der Waals surface area contributed by atoms with Gasteiger partial charge in [0.2, 0.25) is 0 Å². The maximum Gasteiger partial charge on any atom is 0.303 e. The van der Waals surface area contributed by atoms with E-state index in [9.17, 15) is 45.3 Å². The molecule has 0 amide bonds. The first-order valence-electron chi connectivity index (χ1n) is 22.6. The smallest absolute Gasteiger partial charge is 0.303 e. The Morgan fingerprint density at radius 3 is 2.07 bits per heavy atom. The fourth-order valence-electron chi connectivity index (χ4n) is 15.5. The molecule has 3 heterocycles. The topological polar surface area (TPSA) is 240 Å². The van der Waals surface area contributed by atoms with Gasteiger partial charge in [-0.1, -0.05) is 27.7 Å². The fraction of sp³-hybridized carbons (Fsp3) is 0.956. The van der Waals surface area contributed by atoms with Crippen LogP contribution < -0.4 is 0 Å². The van der Waals surface area contributed by atoms with Gasteiger partial charge in [-0.05, 0) is 117 Å². The molecular formula is C45H72O16. The van der Waals surface area contributed by atoms with E-state index < -0.39 is 109 Å². The minimum Gasteiger partial charge on any atom is -0.456 e. The van der Waals surface area contributed by atoms with Crippen LogP contribution in [0.2, 0.25) is 0 Å². The summed E-state index contributed by atoms with van der Waals surface area (Å²) < 4.78 is 43.3. The molecule has 2 spiro atoms. The maximum atomic E-state index is 12.3. The first-order valence-corrected chi connectivity index (χ1v) is 22.6. The minimum atomic E-state index is -1.63. The van der Waals surface area contributed by atoms with E-state index >= 15 is 0 Å². The van der Waals surface area contributed by atoms with Gasteiger partial charge >= 0.3 is 11.9 Å². The molecule has 0 radical (unpaired) electrons.